The molecule has 0 heterocycles. The Morgan fingerprint density at radius 2 is 1.67 bits per heavy atom. The van der Waals surface area contributed by atoms with E-state index in [1.54, 1.807) is 0 Å². The molecule has 6 heteroatoms. The molecular formula is H2KO4P. The molecule has 0 aliphatic carbocycles. The normalized spacial score (nSPS) is 9.83. The van der Waals surface area contributed by atoms with E-state index in [4.69, 9.17) is 19.2 Å². The van der Waals surface area contributed by atoms with Gasteiger partial charge in [0.2, 0.25) is 0 Å². The SMILES string of the molecule is O=P([O-])([O-])O.[2H+].[K+]. The van der Waals surface area contributed by atoms with Crippen LogP contribution in [0, 0.1) is 0 Å². The molecular weight excluding hydrogens is 134 g/mol. The summed E-state index contributed by atoms with van der Waals surface area (Å²) in [5.41, 5.74) is 0. The third-order valence-electron chi connectivity index (χ3n) is 0. The first-order valence-corrected chi connectivity index (χ1v) is 2.24. The summed E-state index contributed by atoms with van der Waals surface area (Å²) in [5.74, 6) is 0. The van der Waals surface area contributed by atoms with Crippen molar-refractivity contribution in [3.05, 3.63) is 0 Å². The van der Waals surface area contributed by atoms with Crippen molar-refractivity contribution in [3.63, 3.8) is 0 Å². The van der Waals surface area contributed by atoms with Crippen LogP contribution in [0.25, 0.3) is 0 Å². The van der Waals surface area contributed by atoms with Crippen molar-refractivity contribution >= 4 is 7.82 Å². The molecule has 0 fully saturated rings. The van der Waals surface area contributed by atoms with E-state index in [2.05, 4.69) is 0 Å². The summed E-state index contributed by atoms with van der Waals surface area (Å²) < 4.78 is 8.66. The largest absolute Gasteiger partial charge is 1.00 e. The Hall–Kier alpha value is 1.75. The summed E-state index contributed by atoms with van der Waals surface area (Å²) in [6, 6.07) is 0. The summed E-state index contributed by atoms with van der Waals surface area (Å²) in [7, 11) is -5.14. The van der Waals surface area contributed by atoms with Crippen molar-refractivity contribution < 1.29 is 72.1 Å². The van der Waals surface area contributed by atoms with Gasteiger partial charge in [-0.05, 0) is 0 Å². The van der Waals surface area contributed by atoms with Crippen molar-refractivity contribution in [1.29, 1.82) is 0 Å². The van der Waals surface area contributed by atoms with Crippen molar-refractivity contribution in [2.75, 3.05) is 0 Å². The predicted octanol–water partition coefficient (Wildman–Crippen LogP) is -5.08. The van der Waals surface area contributed by atoms with Gasteiger partial charge in [0.05, 0.1) is 7.82 Å². The van der Waals surface area contributed by atoms with E-state index >= 15 is 0 Å². The van der Waals surface area contributed by atoms with E-state index in [9.17, 15) is 0 Å². The molecule has 0 unspecified atom stereocenters. The average Bonchev–Trinajstić information content (AvgIpc) is 0.722. The second-order valence-electron chi connectivity index (χ2n) is 0.469. The summed E-state index contributed by atoms with van der Waals surface area (Å²) >= 11 is 0. The minimum absolute atomic E-state index is 0. The molecule has 0 aromatic rings. The maximum absolute atomic E-state index is 8.66. The molecule has 6 heavy (non-hydrogen) atoms. The summed E-state index contributed by atoms with van der Waals surface area (Å²) in [6.45, 7) is 0. The van der Waals surface area contributed by atoms with Gasteiger partial charge in [0.25, 0.3) is 0 Å². The van der Waals surface area contributed by atoms with Crippen molar-refractivity contribution in [1.82, 2.24) is 0 Å². The quantitative estimate of drug-likeness (QED) is 0.267. The molecule has 1 N–H and O–H groups in total. The molecule has 0 spiro atoms. The Bertz CT molecular complexity index is 57.8. The molecule has 0 aliphatic rings. The van der Waals surface area contributed by atoms with Crippen LogP contribution in [0.3, 0.4) is 0 Å². The summed E-state index contributed by atoms with van der Waals surface area (Å²) in [4.78, 5) is 24.3. The second-order valence-corrected chi connectivity index (χ2v) is 1.41. The maximum atomic E-state index is 8.66. The predicted molar refractivity (Wildman–Crippen MR) is 10.9 cm³/mol. The van der Waals surface area contributed by atoms with Crippen molar-refractivity contribution in [2.24, 2.45) is 0 Å². The first-order valence-electron chi connectivity index (χ1n) is 0.748. The third kappa shape index (κ3) is 42.4. The molecule has 0 aliphatic heterocycles. The minimum Gasteiger partial charge on any atom is -0.790 e. The zero-order chi connectivity index (χ0) is 4.50. The molecule has 4 nitrogen and oxygen atoms in total. The number of hydrogen-bond acceptors (Lipinski definition) is 3. The molecule has 0 radical (unpaired) electrons. The Balaban J connectivity index is -0.0000000800. The number of rotatable bonds is 0. The van der Waals surface area contributed by atoms with Gasteiger partial charge in [-0.2, -0.15) is 0 Å². The van der Waals surface area contributed by atoms with Crippen LogP contribution in [0.5, 0.6) is 0 Å². The van der Waals surface area contributed by atoms with Crippen LogP contribution in [0.2, 0.25) is 0 Å². The second kappa shape index (κ2) is 3.71. The Morgan fingerprint density at radius 3 is 1.67 bits per heavy atom. The van der Waals surface area contributed by atoms with Crippen molar-refractivity contribution in [3.8, 4) is 0 Å². The zero-order valence-corrected chi connectivity index (χ0v) is 7.14. The topological polar surface area (TPSA) is 83.4 Å². The van der Waals surface area contributed by atoms with Gasteiger partial charge >= 0.3 is 52.8 Å². The zero-order valence-electron chi connectivity index (χ0n) is 4.12. The number of phosphoric acid groups is 1. The molecule has 0 aromatic heterocycles. The standard InChI is InChI=1S/K.H3O4P/c;1-5(2,3)4/h;(H3,1,2,3,4)/q+1;/p-1/i/hD. The molecule has 0 rings (SSSR count). The minimum atomic E-state index is -5.14. The van der Waals surface area contributed by atoms with E-state index in [0.29, 0.717) is 0 Å². The molecule has 32 valence electrons. The van der Waals surface area contributed by atoms with Crippen molar-refractivity contribution in [2.45, 2.75) is 0 Å². The fourth-order valence-corrected chi connectivity index (χ4v) is 0. The Morgan fingerprint density at radius 1 is 1.67 bits per heavy atom. The molecule has 0 atom stereocenters. The van der Waals surface area contributed by atoms with Gasteiger partial charge < -0.3 is 19.2 Å². The van der Waals surface area contributed by atoms with Gasteiger partial charge in [0, 0.05) is 0 Å². The van der Waals surface area contributed by atoms with Gasteiger partial charge in [-0.15, -0.1) is 0 Å². The van der Waals surface area contributed by atoms with Crippen LogP contribution in [0.15, 0.2) is 0 Å². The molecule has 0 aromatic carbocycles. The van der Waals surface area contributed by atoms with Gasteiger partial charge in [0.15, 0.2) is 0 Å². The molecule has 0 saturated heterocycles. The monoisotopic (exact) mass is 137 g/mol. The fourth-order valence-electron chi connectivity index (χ4n) is 0. The van der Waals surface area contributed by atoms with E-state index in [0.717, 1.165) is 0 Å². The van der Waals surface area contributed by atoms with Crippen LogP contribution in [0.1, 0.15) is 1.43 Å². The Kier molecular flexibility index (Phi) is 6.61. The van der Waals surface area contributed by atoms with Crippen LogP contribution >= 0.6 is 7.82 Å². The summed E-state index contributed by atoms with van der Waals surface area (Å²) in [5, 5.41) is 0. The smallest absolute Gasteiger partial charge is 0.790 e. The van der Waals surface area contributed by atoms with Crippen LogP contribution in [0.4, 0.5) is 0 Å². The first-order chi connectivity index (χ1) is 2.00. The van der Waals surface area contributed by atoms with E-state index < -0.39 is 7.82 Å². The van der Waals surface area contributed by atoms with E-state index in [1.807, 2.05) is 0 Å². The summed E-state index contributed by atoms with van der Waals surface area (Å²) in [6.07, 6.45) is 0. The van der Waals surface area contributed by atoms with E-state index in [1.165, 1.54) is 0 Å². The van der Waals surface area contributed by atoms with Gasteiger partial charge in [0.1, 0.15) is 0 Å². The van der Waals surface area contributed by atoms with Gasteiger partial charge in [-0.3, -0.25) is 0 Å². The first kappa shape index (κ1) is 10.7. The van der Waals surface area contributed by atoms with Crippen LogP contribution in [-0.2, 0) is 4.57 Å². The van der Waals surface area contributed by atoms with Crippen LogP contribution < -0.4 is 61.2 Å². The van der Waals surface area contributed by atoms with Gasteiger partial charge in [-0.25, -0.2) is 0 Å². The average molecular weight is 137 g/mol. The Labute approximate surface area is 78.7 Å². The molecule has 0 bridgehead atoms. The fraction of sp³-hybridized carbons (Fsp3) is 0. The number of hydrogen-bond donors (Lipinski definition) is 1. The van der Waals surface area contributed by atoms with Crippen LogP contribution in [-0.4, -0.2) is 4.89 Å². The molecule has 0 saturated carbocycles. The van der Waals surface area contributed by atoms with Gasteiger partial charge in [-0.1, -0.05) is 0 Å². The maximum Gasteiger partial charge on any atom is 1.00 e. The molecule has 0 amide bonds. The van der Waals surface area contributed by atoms with E-state index in [-0.39, 0.29) is 52.8 Å². The third-order valence-corrected chi connectivity index (χ3v) is 0.